The molecule has 0 bridgehead atoms. The van der Waals surface area contributed by atoms with Crippen molar-refractivity contribution in [2.75, 3.05) is 19.6 Å². The number of H-pyrrole nitrogens is 1. The van der Waals surface area contributed by atoms with Gasteiger partial charge >= 0.3 is 0 Å². The van der Waals surface area contributed by atoms with Crippen LogP contribution in [0.4, 0.5) is 0 Å². The first-order chi connectivity index (χ1) is 11.4. The molecule has 24 heavy (non-hydrogen) atoms. The van der Waals surface area contributed by atoms with E-state index in [1.807, 2.05) is 6.92 Å². The zero-order chi connectivity index (χ0) is 17.5. The van der Waals surface area contributed by atoms with Crippen LogP contribution in [0.5, 0.6) is 0 Å². The van der Waals surface area contributed by atoms with Gasteiger partial charge in [-0.2, -0.15) is 0 Å². The number of rotatable bonds is 6. The first kappa shape index (κ1) is 18.7. The van der Waals surface area contributed by atoms with E-state index in [-0.39, 0.29) is 5.56 Å². The third-order valence-corrected chi connectivity index (χ3v) is 4.67. The maximum Gasteiger partial charge on any atom is 0.251 e. The Morgan fingerprint density at radius 1 is 1.29 bits per heavy atom. The summed E-state index contributed by atoms with van der Waals surface area (Å²) in [6, 6.07) is 1.67. The highest BCUT2D eigenvalue weighted by Crippen LogP contribution is 2.25. The molecule has 0 spiro atoms. The molecule has 1 aromatic heterocycles. The van der Waals surface area contributed by atoms with Crippen LogP contribution in [0.2, 0.25) is 0 Å². The zero-order valence-corrected chi connectivity index (χ0v) is 15.6. The molecule has 132 valence electrons. The highest BCUT2D eigenvalue weighted by atomic mass is 16.1. The van der Waals surface area contributed by atoms with E-state index in [1.165, 1.54) is 11.1 Å². The van der Waals surface area contributed by atoms with Gasteiger partial charge in [-0.05, 0) is 66.5 Å². The summed E-state index contributed by atoms with van der Waals surface area (Å²) in [4.78, 5) is 21.3. The van der Waals surface area contributed by atoms with Gasteiger partial charge in [-0.1, -0.05) is 23.3 Å². The molecule has 0 unspecified atom stereocenters. The number of nitrogens with one attached hydrogen (secondary N) is 1. The van der Waals surface area contributed by atoms with Gasteiger partial charge < -0.3 is 4.98 Å². The van der Waals surface area contributed by atoms with Crippen molar-refractivity contribution >= 4 is 0 Å². The fraction of sp³-hybridized carbons (Fsp3) is 0.600. The maximum atomic E-state index is 11.6. The predicted octanol–water partition coefficient (Wildman–Crippen LogP) is 3.95. The van der Waals surface area contributed by atoms with Gasteiger partial charge in [-0.15, -0.1) is 0 Å². The first-order valence-electron chi connectivity index (χ1n) is 9.03. The van der Waals surface area contributed by atoms with Gasteiger partial charge in [0.25, 0.3) is 5.56 Å². The molecule has 1 saturated heterocycles. The van der Waals surface area contributed by atoms with Gasteiger partial charge in [0.2, 0.25) is 0 Å². The summed E-state index contributed by atoms with van der Waals surface area (Å²) in [5.41, 5.74) is 3.80. The highest BCUT2D eigenvalue weighted by Gasteiger charge is 2.21. The second-order valence-corrected chi connectivity index (χ2v) is 7.20. The van der Waals surface area contributed by atoms with Gasteiger partial charge in [0.05, 0.1) is 5.69 Å². The van der Waals surface area contributed by atoms with Crippen molar-refractivity contribution in [2.24, 2.45) is 0 Å². The van der Waals surface area contributed by atoms with E-state index in [9.17, 15) is 4.79 Å². The van der Waals surface area contributed by atoms with Crippen molar-refractivity contribution < 1.29 is 0 Å². The fourth-order valence-electron chi connectivity index (χ4n) is 3.20. The quantitative estimate of drug-likeness (QED) is 0.804. The third-order valence-electron chi connectivity index (χ3n) is 4.67. The number of hydrogen-bond acceptors (Lipinski definition) is 3. The van der Waals surface area contributed by atoms with E-state index >= 15 is 0 Å². The van der Waals surface area contributed by atoms with Crippen molar-refractivity contribution in [1.29, 1.82) is 0 Å². The number of aryl methyl sites for hydroxylation is 1. The summed E-state index contributed by atoms with van der Waals surface area (Å²) < 4.78 is 0. The Morgan fingerprint density at radius 2 is 2.00 bits per heavy atom. The van der Waals surface area contributed by atoms with Crippen molar-refractivity contribution in [1.82, 2.24) is 14.9 Å². The average molecular weight is 329 g/mol. The lowest BCUT2D eigenvalue weighted by Crippen LogP contribution is -2.33. The molecule has 0 amide bonds. The molecule has 1 aliphatic rings. The van der Waals surface area contributed by atoms with Crippen molar-refractivity contribution in [3.05, 3.63) is 51.2 Å². The van der Waals surface area contributed by atoms with Crippen LogP contribution in [0.25, 0.3) is 0 Å². The molecule has 4 nitrogen and oxygen atoms in total. The molecule has 0 aliphatic carbocycles. The standard InChI is InChI=1S/C20H31N3O/c1-15(2)6-5-7-16(3)8-11-23-12-9-18(10-13-23)19-14-20(24)22-17(4)21-19/h6,8,14,18H,5,7,9-13H2,1-4H3,(H,21,22,24). The molecule has 0 radical (unpaired) electrons. The minimum absolute atomic E-state index is 0.0325. The molecule has 0 saturated carbocycles. The lowest BCUT2D eigenvalue weighted by molar-refractivity contribution is 0.230. The number of aromatic amines is 1. The molecule has 1 aromatic rings. The highest BCUT2D eigenvalue weighted by molar-refractivity contribution is 5.10. The lowest BCUT2D eigenvalue weighted by atomic mass is 9.93. The van der Waals surface area contributed by atoms with Crippen LogP contribution in [0.3, 0.4) is 0 Å². The van der Waals surface area contributed by atoms with Crippen LogP contribution in [0.1, 0.15) is 63.9 Å². The van der Waals surface area contributed by atoms with E-state index < -0.39 is 0 Å². The summed E-state index contributed by atoms with van der Waals surface area (Å²) in [6.07, 6.45) is 9.13. The lowest BCUT2D eigenvalue weighted by Gasteiger charge is -2.31. The first-order valence-corrected chi connectivity index (χ1v) is 9.03. The van der Waals surface area contributed by atoms with Crippen LogP contribution in [0, 0.1) is 6.92 Å². The molecule has 2 heterocycles. The Kier molecular flexibility index (Phi) is 6.98. The van der Waals surface area contributed by atoms with Crippen molar-refractivity contribution in [3.8, 4) is 0 Å². The molecule has 1 N–H and O–H groups in total. The Bertz CT molecular complexity index is 645. The topological polar surface area (TPSA) is 49.0 Å². The fourth-order valence-corrected chi connectivity index (χ4v) is 3.20. The van der Waals surface area contributed by atoms with Gasteiger partial charge in [0.15, 0.2) is 0 Å². The molecule has 1 aliphatic heterocycles. The number of hydrogen-bond donors (Lipinski definition) is 1. The van der Waals surface area contributed by atoms with Crippen LogP contribution in [-0.2, 0) is 0 Å². The molecular weight excluding hydrogens is 298 g/mol. The van der Waals surface area contributed by atoms with Crippen molar-refractivity contribution in [3.63, 3.8) is 0 Å². The van der Waals surface area contributed by atoms with E-state index in [2.05, 4.69) is 47.8 Å². The van der Waals surface area contributed by atoms with Crippen LogP contribution in [-0.4, -0.2) is 34.5 Å². The molecular formula is C20H31N3O. The van der Waals surface area contributed by atoms with Crippen LogP contribution < -0.4 is 5.56 Å². The SMILES string of the molecule is CC(C)=CCCC(C)=CCN1CCC(c2cc(=O)[nH]c(C)n2)CC1. The summed E-state index contributed by atoms with van der Waals surface area (Å²) >= 11 is 0. The average Bonchev–Trinajstić information content (AvgIpc) is 2.52. The smallest absolute Gasteiger partial charge is 0.251 e. The summed E-state index contributed by atoms with van der Waals surface area (Å²) in [5, 5.41) is 0. The maximum absolute atomic E-state index is 11.6. The zero-order valence-electron chi connectivity index (χ0n) is 15.6. The minimum atomic E-state index is -0.0325. The number of nitrogens with zero attached hydrogens (tertiary/aromatic N) is 2. The van der Waals surface area contributed by atoms with E-state index in [0.717, 1.165) is 56.8 Å². The van der Waals surface area contributed by atoms with Gasteiger partial charge in [-0.3, -0.25) is 9.69 Å². The normalized spacial score (nSPS) is 17.1. The monoisotopic (exact) mass is 329 g/mol. The summed E-state index contributed by atoms with van der Waals surface area (Å²) in [6.45, 7) is 11.6. The second-order valence-electron chi connectivity index (χ2n) is 7.20. The molecule has 2 rings (SSSR count). The molecule has 4 heteroatoms. The van der Waals surface area contributed by atoms with Crippen LogP contribution in [0.15, 0.2) is 34.2 Å². The Balaban J connectivity index is 1.80. The minimum Gasteiger partial charge on any atom is -0.311 e. The van der Waals surface area contributed by atoms with Gasteiger partial charge in [0, 0.05) is 18.5 Å². The van der Waals surface area contributed by atoms with E-state index in [0.29, 0.717) is 5.92 Å². The number of allylic oxidation sites excluding steroid dienone is 3. The Morgan fingerprint density at radius 3 is 2.62 bits per heavy atom. The van der Waals surface area contributed by atoms with Gasteiger partial charge in [0.1, 0.15) is 5.82 Å². The van der Waals surface area contributed by atoms with E-state index in [1.54, 1.807) is 6.07 Å². The second kappa shape index (κ2) is 8.97. The van der Waals surface area contributed by atoms with Crippen LogP contribution >= 0.6 is 0 Å². The number of likely N-dealkylation sites (tertiary alicyclic amines) is 1. The van der Waals surface area contributed by atoms with Crippen molar-refractivity contribution in [2.45, 2.75) is 59.3 Å². The third kappa shape index (κ3) is 6.08. The molecule has 1 fully saturated rings. The van der Waals surface area contributed by atoms with E-state index in [4.69, 9.17) is 0 Å². The largest absolute Gasteiger partial charge is 0.311 e. The Labute approximate surface area is 145 Å². The predicted molar refractivity (Wildman–Crippen MR) is 100 cm³/mol. The summed E-state index contributed by atoms with van der Waals surface area (Å²) in [7, 11) is 0. The molecule has 0 aromatic carbocycles. The van der Waals surface area contributed by atoms with Gasteiger partial charge in [-0.25, -0.2) is 4.98 Å². The summed E-state index contributed by atoms with van der Waals surface area (Å²) in [5.74, 6) is 1.14. The number of aromatic nitrogens is 2. The Hall–Kier alpha value is -1.68. The molecule has 0 atom stereocenters. The number of piperidine rings is 1.